The normalized spacial score (nSPS) is 20.2. The van der Waals surface area contributed by atoms with Gasteiger partial charge in [-0.15, -0.1) is 0 Å². The number of carbonyl (C=O) groups is 1. The summed E-state index contributed by atoms with van der Waals surface area (Å²) in [4.78, 5) is 12.6. The fourth-order valence-electron chi connectivity index (χ4n) is 2.60. The SMILES string of the molecule is Cc1ccc(C2=NN(C(=O)c3ccc(Br)cc3)[C@](O)(C(F)(F)F)C2)cc1. The van der Waals surface area contributed by atoms with Crippen molar-refractivity contribution in [1.29, 1.82) is 0 Å². The first-order valence-corrected chi connectivity index (χ1v) is 8.45. The molecule has 1 heterocycles. The van der Waals surface area contributed by atoms with Crippen molar-refractivity contribution < 1.29 is 23.1 Å². The number of aryl methyl sites for hydroxylation is 1. The first-order valence-electron chi connectivity index (χ1n) is 7.65. The van der Waals surface area contributed by atoms with Gasteiger partial charge < -0.3 is 5.11 Å². The van der Waals surface area contributed by atoms with Crippen molar-refractivity contribution in [3.8, 4) is 0 Å². The average Bonchev–Trinajstić information content (AvgIpc) is 2.94. The van der Waals surface area contributed by atoms with Gasteiger partial charge in [0.05, 0.1) is 12.1 Å². The molecule has 0 aliphatic carbocycles. The second-order valence-electron chi connectivity index (χ2n) is 6.03. The van der Waals surface area contributed by atoms with E-state index >= 15 is 0 Å². The zero-order chi connectivity index (χ0) is 19.1. The monoisotopic (exact) mass is 426 g/mol. The third-order valence-corrected chi connectivity index (χ3v) is 4.64. The summed E-state index contributed by atoms with van der Waals surface area (Å²) < 4.78 is 41.4. The average molecular weight is 427 g/mol. The first-order chi connectivity index (χ1) is 12.1. The van der Waals surface area contributed by atoms with Crippen LogP contribution in [0.1, 0.15) is 27.9 Å². The Morgan fingerprint density at radius 1 is 1.15 bits per heavy atom. The molecule has 8 heteroatoms. The van der Waals surface area contributed by atoms with Gasteiger partial charge in [-0.25, -0.2) is 0 Å². The van der Waals surface area contributed by atoms with Crippen LogP contribution in [0.3, 0.4) is 0 Å². The number of hydrazone groups is 1. The van der Waals surface area contributed by atoms with Gasteiger partial charge >= 0.3 is 6.18 Å². The van der Waals surface area contributed by atoms with E-state index < -0.39 is 24.2 Å². The van der Waals surface area contributed by atoms with Crippen LogP contribution < -0.4 is 0 Å². The molecule has 136 valence electrons. The van der Waals surface area contributed by atoms with Crippen LogP contribution in [0.4, 0.5) is 13.2 Å². The number of amides is 1. The molecule has 3 rings (SSSR count). The standard InChI is InChI=1S/C18H14BrF3N2O2/c1-11-2-4-12(5-3-11)15-10-17(26,18(20,21)22)24(23-15)16(25)13-6-8-14(19)9-7-13/h2-9,26H,10H2,1H3/t17-/m1/s1. The van der Waals surface area contributed by atoms with Gasteiger partial charge in [0, 0.05) is 10.0 Å². The summed E-state index contributed by atoms with van der Waals surface area (Å²) in [6.07, 6.45) is -5.89. The lowest BCUT2D eigenvalue weighted by atomic mass is 10.00. The summed E-state index contributed by atoms with van der Waals surface area (Å²) in [5, 5.41) is 14.3. The quantitative estimate of drug-likeness (QED) is 0.779. The Balaban J connectivity index is 2.03. The summed E-state index contributed by atoms with van der Waals surface area (Å²) in [6.45, 7) is 1.84. The van der Waals surface area contributed by atoms with Crippen molar-refractivity contribution >= 4 is 27.5 Å². The van der Waals surface area contributed by atoms with E-state index in [1.807, 2.05) is 6.92 Å². The minimum absolute atomic E-state index is 0.00436. The van der Waals surface area contributed by atoms with Crippen LogP contribution in [-0.2, 0) is 0 Å². The molecule has 1 atom stereocenters. The number of alkyl halides is 3. The summed E-state index contributed by atoms with van der Waals surface area (Å²) in [5.74, 6) is -1.03. The van der Waals surface area contributed by atoms with Crippen molar-refractivity contribution in [1.82, 2.24) is 5.01 Å². The number of aliphatic hydroxyl groups is 1. The van der Waals surface area contributed by atoms with Crippen LogP contribution in [0, 0.1) is 6.92 Å². The lowest BCUT2D eigenvalue weighted by Gasteiger charge is -2.32. The van der Waals surface area contributed by atoms with Crippen LogP contribution in [0.15, 0.2) is 58.1 Å². The molecule has 0 radical (unpaired) electrons. The molecule has 0 aromatic heterocycles. The van der Waals surface area contributed by atoms with Crippen molar-refractivity contribution in [2.24, 2.45) is 5.10 Å². The van der Waals surface area contributed by atoms with Crippen LogP contribution in [0.25, 0.3) is 0 Å². The van der Waals surface area contributed by atoms with E-state index in [1.54, 1.807) is 24.3 Å². The zero-order valence-electron chi connectivity index (χ0n) is 13.6. The summed E-state index contributed by atoms with van der Waals surface area (Å²) in [7, 11) is 0. The van der Waals surface area contributed by atoms with Gasteiger partial charge in [-0.1, -0.05) is 45.8 Å². The summed E-state index contributed by atoms with van der Waals surface area (Å²) >= 11 is 3.20. The van der Waals surface area contributed by atoms with E-state index in [0.29, 0.717) is 10.0 Å². The van der Waals surface area contributed by atoms with Crippen LogP contribution in [-0.4, -0.2) is 33.6 Å². The molecule has 26 heavy (non-hydrogen) atoms. The molecular formula is C18H14BrF3N2O2. The highest BCUT2D eigenvalue weighted by Gasteiger charge is 2.63. The van der Waals surface area contributed by atoms with Gasteiger partial charge in [0.1, 0.15) is 0 Å². The zero-order valence-corrected chi connectivity index (χ0v) is 15.2. The van der Waals surface area contributed by atoms with E-state index in [1.165, 1.54) is 24.3 Å². The smallest absolute Gasteiger partial charge is 0.362 e. The van der Waals surface area contributed by atoms with Gasteiger partial charge in [0.25, 0.3) is 11.6 Å². The number of rotatable bonds is 2. The maximum Gasteiger partial charge on any atom is 0.438 e. The van der Waals surface area contributed by atoms with Crippen LogP contribution >= 0.6 is 15.9 Å². The lowest BCUT2D eigenvalue weighted by molar-refractivity contribution is -0.297. The highest BCUT2D eigenvalue weighted by Crippen LogP contribution is 2.42. The largest absolute Gasteiger partial charge is 0.438 e. The predicted molar refractivity (Wildman–Crippen MR) is 93.6 cm³/mol. The Kier molecular flexibility index (Phi) is 4.66. The topological polar surface area (TPSA) is 52.9 Å². The van der Waals surface area contributed by atoms with Crippen molar-refractivity contribution in [3.63, 3.8) is 0 Å². The van der Waals surface area contributed by atoms with Crippen molar-refractivity contribution in [2.45, 2.75) is 25.2 Å². The molecule has 0 saturated heterocycles. The second kappa shape index (κ2) is 6.51. The van der Waals surface area contributed by atoms with Crippen LogP contribution in [0.2, 0.25) is 0 Å². The molecule has 0 saturated carbocycles. The Labute approximate surface area is 156 Å². The Hall–Kier alpha value is -2.19. The molecule has 4 nitrogen and oxygen atoms in total. The molecular weight excluding hydrogens is 413 g/mol. The van der Waals surface area contributed by atoms with Crippen molar-refractivity contribution in [3.05, 3.63) is 69.7 Å². The number of hydrogen-bond acceptors (Lipinski definition) is 3. The lowest BCUT2D eigenvalue weighted by Crippen LogP contribution is -2.56. The van der Waals surface area contributed by atoms with Gasteiger partial charge in [-0.3, -0.25) is 4.79 Å². The van der Waals surface area contributed by atoms with E-state index in [2.05, 4.69) is 21.0 Å². The van der Waals surface area contributed by atoms with Gasteiger partial charge in [-0.2, -0.15) is 23.3 Å². The molecule has 0 unspecified atom stereocenters. The minimum atomic E-state index is -5.06. The van der Waals surface area contributed by atoms with Crippen LogP contribution in [0.5, 0.6) is 0 Å². The second-order valence-corrected chi connectivity index (χ2v) is 6.94. The van der Waals surface area contributed by atoms with E-state index in [4.69, 9.17) is 0 Å². The third kappa shape index (κ3) is 3.26. The van der Waals surface area contributed by atoms with E-state index in [9.17, 15) is 23.1 Å². The van der Waals surface area contributed by atoms with Gasteiger partial charge in [0.2, 0.25) is 0 Å². The third-order valence-electron chi connectivity index (χ3n) is 4.11. The molecule has 2 aromatic rings. The Morgan fingerprint density at radius 3 is 2.27 bits per heavy atom. The van der Waals surface area contributed by atoms with E-state index in [-0.39, 0.29) is 16.3 Å². The molecule has 1 aliphatic heterocycles. The molecule has 2 aromatic carbocycles. The number of hydrogen-bond donors (Lipinski definition) is 1. The molecule has 0 fully saturated rings. The Morgan fingerprint density at radius 2 is 1.73 bits per heavy atom. The molecule has 1 N–H and O–H groups in total. The first kappa shape index (κ1) is 18.6. The fraction of sp³-hybridized carbons (Fsp3) is 0.222. The summed E-state index contributed by atoms with van der Waals surface area (Å²) in [5.41, 5.74) is -2.05. The predicted octanol–water partition coefficient (Wildman–Crippen LogP) is 4.26. The van der Waals surface area contributed by atoms with Crippen molar-refractivity contribution in [2.75, 3.05) is 0 Å². The summed E-state index contributed by atoms with van der Waals surface area (Å²) in [6, 6.07) is 12.5. The van der Waals surface area contributed by atoms with Gasteiger partial charge in [-0.05, 0) is 36.8 Å². The maximum absolute atomic E-state index is 13.6. The Bertz CT molecular complexity index is 864. The van der Waals surface area contributed by atoms with E-state index in [0.717, 1.165) is 5.56 Å². The number of carbonyl (C=O) groups excluding carboxylic acids is 1. The molecule has 0 bridgehead atoms. The molecule has 1 aliphatic rings. The molecule has 0 spiro atoms. The minimum Gasteiger partial charge on any atom is -0.362 e. The highest BCUT2D eigenvalue weighted by atomic mass is 79.9. The number of benzene rings is 2. The maximum atomic E-state index is 13.6. The molecule has 1 amide bonds. The number of nitrogens with zero attached hydrogens (tertiary/aromatic N) is 2. The number of halogens is 4. The fourth-order valence-corrected chi connectivity index (χ4v) is 2.87. The van der Waals surface area contributed by atoms with Gasteiger partial charge in [0.15, 0.2) is 0 Å². The highest BCUT2D eigenvalue weighted by molar-refractivity contribution is 9.10.